The van der Waals surface area contributed by atoms with Gasteiger partial charge in [-0.1, -0.05) is 158 Å². The van der Waals surface area contributed by atoms with Gasteiger partial charge in [0.25, 0.3) is 0 Å². The second-order valence-electron chi connectivity index (χ2n) is 17.6. The molecule has 0 aliphatic rings. The molecule has 68 heavy (non-hydrogen) atoms. The van der Waals surface area contributed by atoms with Crippen molar-refractivity contribution in [1.29, 1.82) is 0 Å². The molecule has 14 rings (SSSR count). The number of thiophene rings is 1. The molecule has 0 spiro atoms. The number of hydrogen-bond donors (Lipinski definition) is 0. The zero-order valence-corrected chi connectivity index (χ0v) is 37.5. The summed E-state index contributed by atoms with van der Waals surface area (Å²) < 4.78 is 15.3. The Hall–Kier alpha value is -8.70. The highest BCUT2D eigenvalue weighted by Crippen LogP contribution is 2.44. The molecule has 3 nitrogen and oxygen atoms in total. The van der Waals surface area contributed by atoms with Gasteiger partial charge in [0.1, 0.15) is 22.3 Å². The molecule has 3 aromatic heterocycles. The summed E-state index contributed by atoms with van der Waals surface area (Å²) in [4.78, 5) is 2.36. The van der Waals surface area contributed by atoms with Crippen molar-refractivity contribution in [3.63, 3.8) is 0 Å². The van der Waals surface area contributed by atoms with Gasteiger partial charge < -0.3 is 13.7 Å². The lowest BCUT2D eigenvalue weighted by atomic mass is 9.96. The molecule has 0 fully saturated rings. The molecule has 0 amide bonds. The molecule has 0 bridgehead atoms. The van der Waals surface area contributed by atoms with Gasteiger partial charge in [-0.2, -0.15) is 0 Å². The smallest absolute Gasteiger partial charge is 0.143 e. The molecular formula is C64H39NO2S. The highest BCUT2D eigenvalue weighted by Gasteiger charge is 2.18. The maximum absolute atomic E-state index is 6.40. The number of hydrogen-bond acceptors (Lipinski definition) is 4. The van der Waals surface area contributed by atoms with E-state index in [1.807, 2.05) is 35.6 Å². The van der Waals surface area contributed by atoms with Gasteiger partial charge in [-0.25, -0.2) is 0 Å². The van der Waals surface area contributed by atoms with Crippen molar-refractivity contribution in [2.75, 3.05) is 4.90 Å². The summed E-state index contributed by atoms with van der Waals surface area (Å²) >= 11 is 1.86. The van der Waals surface area contributed by atoms with Crippen molar-refractivity contribution in [2.45, 2.75) is 0 Å². The highest BCUT2D eigenvalue weighted by molar-refractivity contribution is 7.25. The van der Waals surface area contributed by atoms with E-state index in [4.69, 9.17) is 8.83 Å². The first-order chi connectivity index (χ1) is 33.7. The van der Waals surface area contributed by atoms with Crippen LogP contribution in [0.3, 0.4) is 0 Å². The molecule has 0 saturated carbocycles. The van der Waals surface area contributed by atoms with Crippen LogP contribution in [-0.2, 0) is 0 Å². The Morgan fingerprint density at radius 2 is 0.779 bits per heavy atom. The molecule has 0 radical (unpaired) electrons. The minimum absolute atomic E-state index is 0.897. The van der Waals surface area contributed by atoms with Crippen LogP contribution < -0.4 is 4.90 Å². The van der Waals surface area contributed by atoms with E-state index >= 15 is 0 Å². The molecule has 0 saturated heterocycles. The van der Waals surface area contributed by atoms with Crippen LogP contribution in [0.25, 0.3) is 119 Å². The van der Waals surface area contributed by atoms with Crippen molar-refractivity contribution in [2.24, 2.45) is 0 Å². The predicted molar refractivity (Wildman–Crippen MR) is 288 cm³/mol. The zero-order chi connectivity index (χ0) is 44.7. The molecule has 0 atom stereocenters. The largest absolute Gasteiger partial charge is 0.456 e. The van der Waals surface area contributed by atoms with Crippen LogP contribution in [0.5, 0.6) is 0 Å². The van der Waals surface area contributed by atoms with Gasteiger partial charge in [-0.3, -0.25) is 0 Å². The van der Waals surface area contributed by atoms with Crippen molar-refractivity contribution in [3.8, 4) is 44.5 Å². The van der Waals surface area contributed by atoms with E-state index in [1.165, 1.54) is 47.6 Å². The fourth-order valence-corrected chi connectivity index (χ4v) is 11.6. The van der Waals surface area contributed by atoms with E-state index in [0.717, 1.165) is 88.8 Å². The van der Waals surface area contributed by atoms with Crippen LogP contribution in [0.4, 0.5) is 17.1 Å². The van der Waals surface area contributed by atoms with Crippen molar-refractivity contribution >= 4 is 103 Å². The maximum atomic E-state index is 6.40. The molecule has 4 heteroatoms. The van der Waals surface area contributed by atoms with Crippen molar-refractivity contribution in [3.05, 3.63) is 237 Å². The minimum Gasteiger partial charge on any atom is -0.456 e. The second-order valence-corrected chi connectivity index (χ2v) is 18.7. The monoisotopic (exact) mass is 885 g/mol. The van der Waals surface area contributed by atoms with E-state index in [9.17, 15) is 0 Å². The normalized spacial score (nSPS) is 11.8. The summed E-state index contributed by atoms with van der Waals surface area (Å²) in [5, 5.41) is 9.56. The van der Waals surface area contributed by atoms with Gasteiger partial charge >= 0.3 is 0 Å². The molecule has 0 N–H and O–H groups in total. The summed E-state index contributed by atoms with van der Waals surface area (Å²) in [5.41, 5.74) is 16.2. The van der Waals surface area contributed by atoms with Crippen molar-refractivity contribution < 1.29 is 8.83 Å². The summed E-state index contributed by atoms with van der Waals surface area (Å²) in [6.45, 7) is 0. The fourth-order valence-electron chi connectivity index (χ4n) is 10.4. The number of benzene rings is 11. The van der Waals surface area contributed by atoms with Gasteiger partial charge in [0.2, 0.25) is 0 Å². The Labute approximate surface area is 396 Å². The van der Waals surface area contributed by atoms with Crippen LogP contribution in [0.15, 0.2) is 245 Å². The minimum atomic E-state index is 0.897. The number of para-hydroxylation sites is 3. The SMILES string of the molecule is c1ccc2c(c1)oc1c(-c3ccc4cc(-c5ccc(N(c6ccc(-c7cccc8oc9ccccc9c78)cc6)c6ccc(-c7cccc8sc9ccccc9c78)cc6)cc5)ccc4c3)cccc12. The first-order valence-corrected chi connectivity index (χ1v) is 23.9. The number of fused-ring (bicyclic) bond motifs is 10. The molecule has 14 aromatic rings. The second kappa shape index (κ2) is 15.5. The molecule has 0 unspecified atom stereocenters. The predicted octanol–water partition coefficient (Wildman–Crippen LogP) is 19.1. The van der Waals surface area contributed by atoms with Gasteiger partial charge in [-0.15, -0.1) is 11.3 Å². The zero-order valence-electron chi connectivity index (χ0n) is 36.7. The van der Waals surface area contributed by atoms with E-state index in [-0.39, 0.29) is 0 Å². The lowest BCUT2D eigenvalue weighted by Gasteiger charge is -2.26. The third-order valence-electron chi connectivity index (χ3n) is 13.7. The summed E-state index contributed by atoms with van der Waals surface area (Å²) in [7, 11) is 0. The van der Waals surface area contributed by atoms with E-state index in [2.05, 4.69) is 217 Å². The summed E-state index contributed by atoms with van der Waals surface area (Å²) in [5.74, 6) is 0. The van der Waals surface area contributed by atoms with Gasteiger partial charge in [0.05, 0.1) is 0 Å². The van der Waals surface area contributed by atoms with Crippen LogP contribution in [-0.4, -0.2) is 0 Å². The summed E-state index contributed by atoms with van der Waals surface area (Å²) in [6, 6.07) is 85.2. The van der Waals surface area contributed by atoms with E-state index in [0.29, 0.717) is 0 Å². The van der Waals surface area contributed by atoms with Gasteiger partial charge in [0, 0.05) is 64.3 Å². The van der Waals surface area contributed by atoms with Gasteiger partial charge in [-0.05, 0) is 129 Å². The van der Waals surface area contributed by atoms with Crippen molar-refractivity contribution in [1.82, 2.24) is 0 Å². The molecular weight excluding hydrogens is 847 g/mol. The average molecular weight is 886 g/mol. The fraction of sp³-hybridized carbons (Fsp3) is 0. The van der Waals surface area contributed by atoms with Crippen LogP contribution in [0.2, 0.25) is 0 Å². The highest BCUT2D eigenvalue weighted by atomic mass is 32.1. The molecule has 0 aliphatic carbocycles. The average Bonchev–Trinajstić information content (AvgIpc) is 4.11. The number of rotatable bonds is 7. The Morgan fingerprint density at radius 1 is 0.294 bits per heavy atom. The Morgan fingerprint density at radius 3 is 1.50 bits per heavy atom. The van der Waals surface area contributed by atoms with Crippen LogP contribution in [0.1, 0.15) is 0 Å². The van der Waals surface area contributed by atoms with E-state index in [1.54, 1.807) is 0 Å². The summed E-state index contributed by atoms with van der Waals surface area (Å²) in [6.07, 6.45) is 0. The molecule has 11 aromatic carbocycles. The lowest BCUT2D eigenvalue weighted by molar-refractivity contribution is 0.669. The van der Waals surface area contributed by atoms with Gasteiger partial charge in [0.15, 0.2) is 0 Å². The standard InChI is InChI=1S/C64H39NO2S/c1-4-17-57-53(10-1)54-16-7-15-52(64(54)67-57)46-25-24-44-38-43(22-23-45(44)39-46)40-26-32-47(33-27-40)65(48-34-28-41(29-35-48)50-13-8-19-59-62(50)55-11-2-5-18-58(55)66-59)49-36-30-42(31-37-49)51-14-9-21-61-63(51)56-12-3-6-20-60(56)68-61/h1-39H. The molecule has 3 heterocycles. The first kappa shape index (κ1) is 38.6. The van der Waals surface area contributed by atoms with Crippen LogP contribution in [0, 0.1) is 0 Å². The topological polar surface area (TPSA) is 29.5 Å². The van der Waals surface area contributed by atoms with Crippen LogP contribution >= 0.6 is 11.3 Å². The van der Waals surface area contributed by atoms with E-state index < -0.39 is 0 Å². The quantitative estimate of drug-likeness (QED) is 0.160. The number of anilines is 3. The molecule has 318 valence electrons. The maximum Gasteiger partial charge on any atom is 0.143 e. The Bertz CT molecular complexity index is 4090. The Balaban J connectivity index is 0.827. The molecule has 0 aliphatic heterocycles. The number of furan rings is 2. The number of nitrogens with zero attached hydrogens (tertiary/aromatic N) is 1. The lowest BCUT2D eigenvalue weighted by Crippen LogP contribution is -2.09. The third-order valence-corrected chi connectivity index (χ3v) is 14.8. The Kier molecular flexibility index (Phi) is 8.76. The third kappa shape index (κ3) is 6.26. The first-order valence-electron chi connectivity index (χ1n) is 23.0.